The predicted molar refractivity (Wildman–Crippen MR) is 77.5 cm³/mol. The summed E-state index contributed by atoms with van der Waals surface area (Å²) in [5, 5.41) is 0.462. The Morgan fingerprint density at radius 1 is 1.17 bits per heavy atom. The Kier molecular flexibility index (Phi) is 3.10. The number of carbonyl (C=O) groups excluding carboxylic acids is 2. The molecule has 2 amide bonds. The van der Waals surface area contributed by atoms with Gasteiger partial charge in [0.15, 0.2) is 0 Å². The molecule has 3 nitrogen and oxygen atoms in total. The molecule has 1 aliphatic heterocycles. The van der Waals surface area contributed by atoms with Crippen LogP contribution in [0.25, 0.3) is 0 Å². The van der Waals surface area contributed by atoms with Gasteiger partial charge in [-0.1, -0.05) is 18.0 Å². The molecule has 0 spiro atoms. The maximum atomic E-state index is 12.3. The van der Waals surface area contributed by atoms with E-state index < -0.39 is 0 Å². The molecular formula is C13H11ClINO2. The van der Waals surface area contributed by atoms with Crippen molar-refractivity contribution in [1.82, 2.24) is 0 Å². The van der Waals surface area contributed by atoms with Gasteiger partial charge in [0, 0.05) is 3.57 Å². The highest BCUT2D eigenvalue weighted by molar-refractivity contribution is 14.1. The first-order valence-corrected chi connectivity index (χ1v) is 7.38. The zero-order chi connectivity index (χ0) is 12.9. The van der Waals surface area contributed by atoms with E-state index in [4.69, 9.17) is 11.6 Å². The molecule has 3 rings (SSSR count). The molecule has 1 saturated heterocycles. The molecule has 2 aliphatic rings. The number of benzene rings is 1. The third-order valence-electron chi connectivity index (χ3n) is 3.74. The first-order chi connectivity index (χ1) is 8.59. The van der Waals surface area contributed by atoms with E-state index in [1.54, 1.807) is 12.1 Å². The number of nitrogens with zero attached hydrogens (tertiary/aromatic N) is 1. The summed E-state index contributed by atoms with van der Waals surface area (Å²) in [5.74, 6) is -0.392. The van der Waals surface area contributed by atoms with Gasteiger partial charge in [-0.2, -0.15) is 0 Å². The normalized spacial score (nSPS) is 26.9. The molecule has 1 aromatic rings. The fourth-order valence-corrected chi connectivity index (χ4v) is 3.83. The lowest BCUT2D eigenvalue weighted by Crippen LogP contribution is -2.31. The molecule has 5 heteroatoms. The average molecular weight is 376 g/mol. The molecule has 1 heterocycles. The van der Waals surface area contributed by atoms with Gasteiger partial charge in [0.05, 0.1) is 22.5 Å². The van der Waals surface area contributed by atoms with Crippen molar-refractivity contribution < 1.29 is 9.59 Å². The topological polar surface area (TPSA) is 37.4 Å². The summed E-state index contributed by atoms with van der Waals surface area (Å²) < 4.78 is 0.987. The summed E-state index contributed by atoms with van der Waals surface area (Å²) in [6.45, 7) is 0. The van der Waals surface area contributed by atoms with Crippen LogP contribution in [-0.4, -0.2) is 11.8 Å². The van der Waals surface area contributed by atoms with Crippen LogP contribution in [0.15, 0.2) is 18.2 Å². The molecule has 1 saturated carbocycles. The Labute approximate surface area is 124 Å². The van der Waals surface area contributed by atoms with Crippen LogP contribution >= 0.6 is 34.2 Å². The van der Waals surface area contributed by atoms with Crippen molar-refractivity contribution in [2.75, 3.05) is 4.90 Å². The van der Waals surface area contributed by atoms with Crippen LogP contribution in [0.2, 0.25) is 5.02 Å². The maximum absolute atomic E-state index is 12.3. The number of fused-ring (bicyclic) bond motifs is 1. The number of anilines is 1. The Morgan fingerprint density at radius 3 is 2.33 bits per heavy atom. The minimum Gasteiger partial charge on any atom is -0.274 e. The Balaban J connectivity index is 2.02. The van der Waals surface area contributed by atoms with E-state index in [-0.39, 0.29) is 23.7 Å². The number of amides is 2. The minimum atomic E-state index is -0.118. The largest absolute Gasteiger partial charge is 0.274 e. The second kappa shape index (κ2) is 4.49. The highest BCUT2D eigenvalue weighted by Crippen LogP contribution is 2.43. The van der Waals surface area contributed by atoms with Gasteiger partial charge in [0.2, 0.25) is 11.8 Å². The van der Waals surface area contributed by atoms with Gasteiger partial charge in [-0.25, -0.2) is 4.90 Å². The molecule has 1 aliphatic carbocycles. The molecular weight excluding hydrogens is 365 g/mol. The predicted octanol–water partition coefficient (Wildman–Crippen LogP) is 3.23. The Morgan fingerprint density at radius 2 is 1.78 bits per heavy atom. The van der Waals surface area contributed by atoms with Gasteiger partial charge < -0.3 is 0 Å². The standard InChI is InChI=1S/C13H11ClINO2/c14-10-6-7(15)4-5-11(10)16-12(17)8-2-1-3-9(8)13(16)18/h4-6,8-9H,1-3H2. The van der Waals surface area contributed by atoms with Crippen LogP contribution in [0.1, 0.15) is 19.3 Å². The lowest BCUT2D eigenvalue weighted by Gasteiger charge is -2.17. The quantitative estimate of drug-likeness (QED) is 0.558. The molecule has 1 aromatic carbocycles. The van der Waals surface area contributed by atoms with Gasteiger partial charge in [-0.3, -0.25) is 9.59 Å². The molecule has 2 unspecified atom stereocenters. The fraction of sp³-hybridized carbons (Fsp3) is 0.385. The number of rotatable bonds is 1. The summed E-state index contributed by atoms with van der Waals surface area (Å²) >= 11 is 8.30. The Bertz CT molecular complexity index is 524. The molecule has 18 heavy (non-hydrogen) atoms. The maximum Gasteiger partial charge on any atom is 0.237 e. The van der Waals surface area contributed by atoms with E-state index in [9.17, 15) is 9.59 Å². The molecule has 0 bridgehead atoms. The second-order valence-electron chi connectivity index (χ2n) is 4.75. The van der Waals surface area contributed by atoms with Gasteiger partial charge in [0.25, 0.3) is 0 Å². The highest BCUT2D eigenvalue weighted by Gasteiger charge is 2.50. The van der Waals surface area contributed by atoms with Crippen molar-refractivity contribution in [3.8, 4) is 0 Å². The average Bonchev–Trinajstić information content (AvgIpc) is 2.87. The van der Waals surface area contributed by atoms with E-state index in [1.807, 2.05) is 6.07 Å². The summed E-state index contributed by atoms with van der Waals surface area (Å²) in [4.78, 5) is 25.8. The van der Waals surface area contributed by atoms with Crippen LogP contribution in [-0.2, 0) is 9.59 Å². The van der Waals surface area contributed by atoms with Crippen molar-refractivity contribution >= 4 is 51.7 Å². The van der Waals surface area contributed by atoms with E-state index in [0.717, 1.165) is 22.8 Å². The molecule has 94 valence electrons. The van der Waals surface area contributed by atoms with Crippen LogP contribution in [0, 0.1) is 15.4 Å². The summed E-state index contributed by atoms with van der Waals surface area (Å²) in [5.41, 5.74) is 0.529. The van der Waals surface area contributed by atoms with Gasteiger partial charge in [-0.05, 0) is 53.6 Å². The van der Waals surface area contributed by atoms with Gasteiger partial charge in [0.1, 0.15) is 0 Å². The van der Waals surface area contributed by atoms with E-state index in [2.05, 4.69) is 22.6 Å². The first-order valence-electron chi connectivity index (χ1n) is 5.92. The molecule has 0 radical (unpaired) electrons. The van der Waals surface area contributed by atoms with Crippen molar-refractivity contribution in [3.63, 3.8) is 0 Å². The van der Waals surface area contributed by atoms with Crippen molar-refractivity contribution in [1.29, 1.82) is 0 Å². The summed E-state index contributed by atoms with van der Waals surface area (Å²) in [7, 11) is 0. The smallest absolute Gasteiger partial charge is 0.237 e. The van der Waals surface area contributed by atoms with Crippen LogP contribution in [0.4, 0.5) is 5.69 Å². The lowest BCUT2D eigenvalue weighted by atomic mass is 10.00. The van der Waals surface area contributed by atoms with Crippen LogP contribution < -0.4 is 4.90 Å². The highest BCUT2D eigenvalue weighted by atomic mass is 127. The fourth-order valence-electron chi connectivity index (χ4n) is 2.89. The number of hydrogen-bond donors (Lipinski definition) is 0. The van der Waals surface area contributed by atoms with Gasteiger partial charge in [-0.15, -0.1) is 0 Å². The lowest BCUT2D eigenvalue weighted by molar-refractivity contribution is -0.122. The molecule has 0 N–H and O–H groups in total. The number of carbonyl (C=O) groups is 2. The SMILES string of the molecule is O=C1C2CCCC2C(=O)N1c1ccc(I)cc1Cl. The zero-order valence-corrected chi connectivity index (χ0v) is 12.4. The summed E-state index contributed by atoms with van der Waals surface area (Å²) in [6, 6.07) is 5.38. The number of halogens is 2. The van der Waals surface area contributed by atoms with Crippen LogP contribution in [0.5, 0.6) is 0 Å². The monoisotopic (exact) mass is 375 g/mol. The molecule has 2 atom stereocenters. The van der Waals surface area contributed by atoms with Gasteiger partial charge >= 0.3 is 0 Å². The van der Waals surface area contributed by atoms with Crippen molar-refractivity contribution in [3.05, 3.63) is 26.8 Å². The number of imide groups is 1. The Hall–Kier alpha value is -0.620. The second-order valence-corrected chi connectivity index (χ2v) is 6.40. The molecule has 2 fully saturated rings. The van der Waals surface area contributed by atoms with E-state index in [0.29, 0.717) is 10.7 Å². The third kappa shape index (κ3) is 1.77. The molecule has 0 aromatic heterocycles. The zero-order valence-electron chi connectivity index (χ0n) is 9.53. The minimum absolute atomic E-state index is 0.0781. The van der Waals surface area contributed by atoms with E-state index in [1.165, 1.54) is 4.90 Å². The number of hydrogen-bond acceptors (Lipinski definition) is 2. The van der Waals surface area contributed by atoms with Crippen LogP contribution in [0.3, 0.4) is 0 Å². The van der Waals surface area contributed by atoms with E-state index >= 15 is 0 Å². The first kappa shape index (κ1) is 12.4. The third-order valence-corrected chi connectivity index (χ3v) is 4.72. The summed E-state index contributed by atoms with van der Waals surface area (Å²) in [6.07, 6.45) is 2.63. The van der Waals surface area contributed by atoms with Crippen molar-refractivity contribution in [2.24, 2.45) is 11.8 Å². The van der Waals surface area contributed by atoms with Crippen molar-refractivity contribution in [2.45, 2.75) is 19.3 Å².